The molecule has 0 aliphatic carbocycles. The van der Waals surface area contributed by atoms with Gasteiger partial charge in [0.05, 0.1) is 7.11 Å². The molecule has 0 saturated heterocycles. The summed E-state index contributed by atoms with van der Waals surface area (Å²) in [5.41, 5.74) is 2.41. The van der Waals surface area contributed by atoms with E-state index in [0.29, 0.717) is 17.5 Å². The van der Waals surface area contributed by atoms with E-state index in [9.17, 15) is 4.79 Å². The van der Waals surface area contributed by atoms with Crippen molar-refractivity contribution in [2.75, 3.05) is 7.11 Å². The van der Waals surface area contributed by atoms with Crippen LogP contribution in [-0.2, 0) is 16.1 Å². The van der Waals surface area contributed by atoms with Crippen LogP contribution in [0.4, 0.5) is 0 Å². The zero-order valence-corrected chi connectivity index (χ0v) is 14.5. The monoisotopic (exact) mass is 350 g/mol. The third-order valence-corrected chi connectivity index (χ3v) is 3.64. The van der Waals surface area contributed by atoms with E-state index in [1.54, 1.807) is 24.4 Å². The zero-order valence-electron chi connectivity index (χ0n) is 14.5. The van der Waals surface area contributed by atoms with Gasteiger partial charge in [0.2, 0.25) is 11.8 Å². The zero-order chi connectivity index (χ0) is 18.4. The Morgan fingerprint density at radius 2 is 2.00 bits per heavy atom. The second-order valence-electron chi connectivity index (χ2n) is 5.46. The number of hydrogen-bond acceptors (Lipinski definition) is 6. The summed E-state index contributed by atoms with van der Waals surface area (Å²) in [6.45, 7) is 2.11. The maximum absolute atomic E-state index is 11.1. The van der Waals surface area contributed by atoms with E-state index in [1.165, 1.54) is 13.2 Å². The molecule has 26 heavy (non-hydrogen) atoms. The highest BCUT2D eigenvalue weighted by atomic mass is 16.5. The predicted octanol–water partition coefficient (Wildman–Crippen LogP) is 3.81. The first kappa shape index (κ1) is 17.4. The first-order valence-corrected chi connectivity index (χ1v) is 8.02. The summed E-state index contributed by atoms with van der Waals surface area (Å²) >= 11 is 0. The van der Waals surface area contributed by atoms with E-state index in [0.717, 1.165) is 16.8 Å². The number of methoxy groups -OCH3 is 1. The van der Waals surface area contributed by atoms with Crippen LogP contribution in [0.15, 0.2) is 59.2 Å². The second kappa shape index (κ2) is 8.11. The highest BCUT2D eigenvalue weighted by molar-refractivity contribution is 5.86. The van der Waals surface area contributed by atoms with E-state index >= 15 is 0 Å². The van der Waals surface area contributed by atoms with Crippen molar-refractivity contribution in [2.24, 2.45) is 0 Å². The first-order chi connectivity index (χ1) is 12.7. The Labute approximate surface area is 151 Å². The molecule has 0 saturated carbocycles. The smallest absolute Gasteiger partial charge is 0.330 e. The summed E-state index contributed by atoms with van der Waals surface area (Å²) in [5.74, 6) is 1.32. The Kier molecular flexibility index (Phi) is 5.43. The number of carbonyl (C=O) groups excluding carboxylic acids is 1. The van der Waals surface area contributed by atoms with Crippen LogP contribution < -0.4 is 4.74 Å². The Morgan fingerprint density at radius 3 is 2.69 bits per heavy atom. The van der Waals surface area contributed by atoms with Crippen LogP contribution >= 0.6 is 0 Å². The van der Waals surface area contributed by atoms with Crippen molar-refractivity contribution < 1.29 is 18.7 Å². The quantitative estimate of drug-likeness (QED) is 0.497. The van der Waals surface area contributed by atoms with E-state index in [1.807, 2.05) is 37.3 Å². The second-order valence-corrected chi connectivity index (χ2v) is 5.46. The fraction of sp³-hybridized carbons (Fsp3) is 0.150. The molecule has 6 heteroatoms. The number of aromatic nitrogens is 2. The fourth-order valence-electron chi connectivity index (χ4n) is 2.22. The van der Waals surface area contributed by atoms with Gasteiger partial charge in [-0.05, 0) is 36.8 Å². The third kappa shape index (κ3) is 4.36. The standard InChI is InChI=1S/C20H18N2O4/c1-14-17(22-20(26-14)16-6-4-3-5-7-16)13-25-18-10-8-15(12-21-18)9-11-19(23)24-2/h3-12H,13H2,1-2H3. The van der Waals surface area contributed by atoms with Gasteiger partial charge in [0, 0.05) is 23.9 Å². The van der Waals surface area contributed by atoms with Crippen molar-refractivity contribution in [1.82, 2.24) is 9.97 Å². The van der Waals surface area contributed by atoms with Gasteiger partial charge in [-0.3, -0.25) is 0 Å². The summed E-state index contributed by atoms with van der Waals surface area (Å²) < 4.78 is 15.9. The molecule has 0 N–H and O–H groups in total. The van der Waals surface area contributed by atoms with Crippen molar-refractivity contribution >= 4 is 12.0 Å². The topological polar surface area (TPSA) is 74.5 Å². The minimum absolute atomic E-state index is 0.256. The van der Waals surface area contributed by atoms with Crippen LogP contribution in [-0.4, -0.2) is 23.0 Å². The average Bonchev–Trinajstić information content (AvgIpc) is 3.06. The number of nitrogens with zero attached hydrogens (tertiary/aromatic N) is 2. The molecule has 0 atom stereocenters. The Morgan fingerprint density at radius 1 is 1.19 bits per heavy atom. The minimum atomic E-state index is -0.416. The van der Waals surface area contributed by atoms with Gasteiger partial charge in [0.25, 0.3) is 0 Å². The number of oxazole rings is 1. The van der Waals surface area contributed by atoms with Crippen LogP contribution in [0, 0.1) is 6.92 Å². The van der Waals surface area contributed by atoms with Gasteiger partial charge in [0.1, 0.15) is 18.1 Å². The lowest BCUT2D eigenvalue weighted by Crippen LogP contribution is -1.99. The highest BCUT2D eigenvalue weighted by Crippen LogP contribution is 2.22. The van der Waals surface area contributed by atoms with Crippen LogP contribution in [0.3, 0.4) is 0 Å². The Hall–Kier alpha value is -3.41. The number of benzene rings is 1. The fourth-order valence-corrected chi connectivity index (χ4v) is 2.22. The van der Waals surface area contributed by atoms with E-state index in [4.69, 9.17) is 9.15 Å². The summed E-state index contributed by atoms with van der Waals surface area (Å²) in [4.78, 5) is 19.8. The van der Waals surface area contributed by atoms with Crippen LogP contribution in [0.25, 0.3) is 17.5 Å². The molecule has 0 amide bonds. The molecule has 0 bridgehead atoms. The van der Waals surface area contributed by atoms with Gasteiger partial charge in [0.15, 0.2) is 0 Å². The average molecular weight is 350 g/mol. The molecule has 0 spiro atoms. The maximum Gasteiger partial charge on any atom is 0.330 e. The third-order valence-electron chi connectivity index (χ3n) is 3.64. The van der Waals surface area contributed by atoms with E-state index < -0.39 is 5.97 Å². The predicted molar refractivity (Wildman–Crippen MR) is 96.3 cm³/mol. The van der Waals surface area contributed by atoms with Crippen molar-refractivity contribution in [3.63, 3.8) is 0 Å². The minimum Gasteiger partial charge on any atom is -0.471 e. The number of aryl methyl sites for hydroxylation is 1. The molecule has 0 fully saturated rings. The number of rotatable bonds is 6. The molecular formula is C20H18N2O4. The molecule has 0 unspecified atom stereocenters. The van der Waals surface area contributed by atoms with Crippen molar-refractivity contribution in [3.8, 4) is 17.3 Å². The molecular weight excluding hydrogens is 332 g/mol. The molecule has 0 radical (unpaired) electrons. The largest absolute Gasteiger partial charge is 0.471 e. The molecule has 3 aromatic rings. The number of hydrogen-bond donors (Lipinski definition) is 0. The van der Waals surface area contributed by atoms with Gasteiger partial charge >= 0.3 is 5.97 Å². The Bertz CT molecular complexity index is 899. The first-order valence-electron chi connectivity index (χ1n) is 8.02. The molecule has 0 aliphatic rings. The lowest BCUT2D eigenvalue weighted by Gasteiger charge is -2.03. The number of carbonyl (C=O) groups is 1. The van der Waals surface area contributed by atoms with Gasteiger partial charge < -0.3 is 13.9 Å². The molecule has 6 nitrogen and oxygen atoms in total. The summed E-state index contributed by atoms with van der Waals surface area (Å²) in [7, 11) is 1.33. The summed E-state index contributed by atoms with van der Waals surface area (Å²) in [6, 6.07) is 13.2. The van der Waals surface area contributed by atoms with E-state index in [-0.39, 0.29) is 6.61 Å². The molecule has 2 aromatic heterocycles. The summed E-state index contributed by atoms with van der Waals surface area (Å²) in [6.07, 6.45) is 4.57. The SMILES string of the molecule is COC(=O)C=Cc1ccc(OCc2nc(-c3ccccc3)oc2C)nc1. The molecule has 1 aromatic carbocycles. The Balaban J connectivity index is 1.63. The normalized spacial score (nSPS) is 10.8. The number of ether oxygens (including phenoxy) is 2. The van der Waals surface area contributed by atoms with Crippen molar-refractivity contribution in [2.45, 2.75) is 13.5 Å². The van der Waals surface area contributed by atoms with Crippen LogP contribution in [0.2, 0.25) is 0 Å². The number of pyridine rings is 1. The maximum atomic E-state index is 11.1. The summed E-state index contributed by atoms with van der Waals surface area (Å²) in [5, 5.41) is 0. The van der Waals surface area contributed by atoms with Gasteiger partial charge in [-0.15, -0.1) is 0 Å². The highest BCUT2D eigenvalue weighted by Gasteiger charge is 2.12. The van der Waals surface area contributed by atoms with Gasteiger partial charge in [-0.25, -0.2) is 14.8 Å². The lowest BCUT2D eigenvalue weighted by molar-refractivity contribution is -0.134. The van der Waals surface area contributed by atoms with E-state index in [2.05, 4.69) is 14.7 Å². The van der Waals surface area contributed by atoms with Crippen LogP contribution in [0.1, 0.15) is 17.0 Å². The van der Waals surface area contributed by atoms with Crippen LogP contribution in [0.5, 0.6) is 5.88 Å². The lowest BCUT2D eigenvalue weighted by atomic mass is 10.2. The van der Waals surface area contributed by atoms with Gasteiger partial charge in [-0.1, -0.05) is 18.2 Å². The van der Waals surface area contributed by atoms with Gasteiger partial charge in [-0.2, -0.15) is 0 Å². The molecule has 0 aliphatic heterocycles. The molecule has 3 rings (SSSR count). The molecule has 2 heterocycles. The van der Waals surface area contributed by atoms with Crippen molar-refractivity contribution in [1.29, 1.82) is 0 Å². The van der Waals surface area contributed by atoms with Crippen molar-refractivity contribution in [3.05, 3.63) is 71.8 Å². The number of esters is 1. The molecule has 132 valence electrons.